The first-order valence-corrected chi connectivity index (χ1v) is 14.1. The molecule has 0 aromatic heterocycles. The highest BCUT2D eigenvalue weighted by molar-refractivity contribution is 6.05. The van der Waals surface area contributed by atoms with E-state index in [1.165, 1.54) is 12.1 Å². The van der Waals surface area contributed by atoms with Gasteiger partial charge in [-0.2, -0.15) is 0 Å². The van der Waals surface area contributed by atoms with Gasteiger partial charge in [-0.3, -0.25) is 14.1 Å². The molecule has 3 heterocycles. The van der Waals surface area contributed by atoms with Gasteiger partial charge in [0.05, 0.1) is 24.8 Å². The van der Waals surface area contributed by atoms with Crippen LogP contribution in [0.4, 0.5) is 13.2 Å². The monoisotopic (exact) mass is 567 g/mol. The molecule has 6 rings (SSSR count). The Morgan fingerprint density at radius 2 is 1.66 bits per heavy atom. The molecule has 3 atom stereocenters. The molecule has 2 fully saturated rings. The molecule has 0 N–H and O–H groups in total. The fourth-order valence-electron chi connectivity index (χ4n) is 5.69. The van der Waals surface area contributed by atoms with E-state index in [-0.39, 0.29) is 35.8 Å². The zero-order valence-electron chi connectivity index (χ0n) is 22.6. The summed E-state index contributed by atoms with van der Waals surface area (Å²) in [6, 6.07) is 15.3. The van der Waals surface area contributed by atoms with Gasteiger partial charge in [-0.05, 0) is 66.4 Å². The van der Waals surface area contributed by atoms with Gasteiger partial charge in [0, 0.05) is 38.0 Å². The summed E-state index contributed by atoms with van der Waals surface area (Å²) in [6.45, 7) is 3.00. The largest absolute Gasteiger partial charge is 0.492 e. The number of nitrogens with zero attached hydrogens (tertiary/aromatic N) is 1. The highest BCUT2D eigenvalue weighted by Crippen LogP contribution is 2.45. The van der Waals surface area contributed by atoms with Crippen molar-refractivity contribution in [1.82, 2.24) is 4.90 Å². The molecule has 41 heavy (non-hydrogen) atoms. The summed E-state index contributed by atoms with van der Waals surface area (Å²) in [4.78, 5) is 16.1. The average Bonchev–Trinajstić information content (AvgIpc) is 2.95. The number of halogens is 3. The normalized spacial score (nSPS) is 22.9. The van der Waals surface area contributed by atoms with Crippen LogP contribution in [0.15, 0.2) is 60.7 Å². The third kappa shape index (κ3) is 6.21. The number of hydrogen-bond donors (Lipinski definition) is 0. The summed E-state index contributed by atoms with van der Waals surface area (Å²) in [6.07, 6.45) is 1.53. The molecule has 3 aromatic carbocycles. The van der Waals surface area contributed by atoms with Crippen LogP contribution in [-0.4, -0.2) is 56.5 Å². The van der Waals surface area contributed by atoms with E-state index in [1.54, 1.807) is 42.5 Å². The number of fused-ring (bicyclic) bond motifs is 1. The maximum Gasteiger partial charge on any atom is 0.199 e. The van der Waals surface area contributed by atoms with Crippen LogP contribution in [0.2, 0.25) is 0 Å². The minimum Gasteiger partial charge on any atom is -0.492 e. The molecule has 3 unspecified atom stereocenters. The van der Waals surface area contributed by atoms with E-state index in [0.717, 1.165) is 38.4 Å². The Bertz CT molecular complexity index is 1350. The number of likely N-dealkylation sites (tertiary alicyclic amines) is 1. The third-order valence-electron chi connectivity index (χ3n) is 7.84. The SMILES string of the molecule is O=C1c2cc(OC3CCCCO3)ccc2OC(c2ccc(OCCN3CC(CF)C3)cc2)C1c1cc(F)cc(F)c1. The first-order valence-electron chi connectivity index (χ1n) is 14.1. The number of carbonyl (C=O) groups is 1. The summed E-state index contributed by atoms with van der Waals surface area (Å²) in [5.74, 6) is -1.25. The molecule has 3 aliphatic rings. The molecule has 2 saturated heterocycles. The second-order valence-electron chi connectivity index (χ2n) is 10.9. The lowest BCUT2D eigenvalue weighted by atomic mass is 9.81. The maximum absolute atomic E-state index is 14.3. The molecular formula is C32H32F3NO5. The van der Waals surface area contributed by atoms with Gasteiger partial charge in [0.2, 0.25) is 0 Å². The minimum atomic E-state index is -0.990. The Hall–Kier alpha value is -3.56. The fourth-order valence-corrected chi connectivity index (χ4v) is 5.69. The molecule has 3 aliphatic heterocycles. The van der Waals surface area contributed by atoms with Crippen LogP contribution in [0.5, 0.6) is 17.2 Å². The number of ether oxygens (including phenoxy) is 4. The molecule has 216 valence electrons. The van der Waals surface area contributed by atoms with E-state index in [1.807, 2.05) is 0 Å². The van der Waals surface area contributed by atoms with Gasteiger partial charge in [0.25, 0.3) is 0 Å². The second kappa shape index (κ2) is 12.1. The van der Waals surface area contributed by atoms with Crippen LogP contribution in [0.3, 0.4) is 0 Å². The van der Waals surface area contributed by atoms with E-state index < -0.39 is 23.7 Å². The summed E-state index contributed by atoms with van der Waals surface area (Å²) >= 11 is 0. The highest BCUT2D eigenvalue weighted by atomic mass is 19.1. The number of alkyl halides is 1. The first kappa shape index (κ1) is 27.6. The van der Waals surface area contributed by atoms with Crippen LogP contribution in [0.25, 0.3) is 0 Å². The molecule has 6 nitrogen and oxygen atoms in total. The summed E-state index contributed by atoms with van der Waals surface area (Å²) < 4.78 is 65.0. The van der Waals surface area contributed by atoms with Crippen molar-refractivity contribution in [2.75, 3.05) is 39.5 Å². The average molecular weight is 568 g/mol. The summed E-state index contributed by atoms with van der Waals surface area (Å²) in [5.41, 5.74) is 1.13. The Morgan fingerprint density at radius 3 is 2.37 bits per heavy atom. The molecule has 0 radical (unpaired) electrons. The third-order valence-corrected chi connectivity index (χ3v) is 7.84. The number of Topliss-reactive ketones (excluding diaryl/α,β-unsaturated/α-hetero) is 1. The molecule has 0 spiro atoms. The van der Waals surface area contributed by atoms with E-state index >= 15 is 0 Å². The number of rotatable bonds is 9. The Kier molecular flexibility index (Phi) is 8.16. The quantitative estimate of drug-likeness (QED) is 0.305. The molecular weight excluding hydrogens is 535 g/mol. The topological polar surface area (TPSA) is 57.2 Å². The van der Waals surface area contributed by atoms with Crippen molar-refractivity contribution >= 4 is 5.78 Å². The lowest BCUT2D eigenvalue weighted by Gasteiger charge is -2.37. The smallest absolute Gasteiger partial charge is 0.199 e. The van der Waals surface area contributed by atoms with Gasteiger partial charge in [-0.25, -0.2) is 8.78 Å². The van der Waals surface area contributed by atoms with E-state index in [2.05, 4.69) is 4.90 Å². The molecule has 0 saturated carbocycles. The Labute approximate surface area is 237 Å². The molecule has 0 amide bonds. The van der Waals surface area contributed by atoms with Crippen molar-refractivity contribution in [2.24, 2.45) is 5.92 Å². The van der Waals surface area contributed by atoms with Gasteiger partial charge in [0.1, 0.15) is 41.6 Å². The lowest BCUT2D eigenvalue weighted by Crippen LogP contribution is -2.49. The number of benzene rings is 3. The van der Waals surface area contributed by atoms with Crippen molar-refractivity contribution in [3.63, 3.8) is 0 Å². The van der Waals surface area contributed by atoms with Crippen LogP contribution in [-0.2, 0) is 4.74 Å². The molecule has 3 aromatic rings. The van der Waals surface area contributed by atoms with Crippen LogP contribution in [0, 0.1) is 17.6 Å². The van der Waals surface area contributed by atoms with E-state index in [0.29, 0.717) is 42.6 Å². The second-order valence-corrected chi connectivity index (χ2v) is 10.9. The van der Waals surface area contributed by atoms with Crippen molar-refractivity contribution in [2.45, 2.75) is 37.6 Å². The Balaban J connectivity index is 1.23. The lowest BCUT2D eigenvalue weighted by molar-refractivity contribution is -0.105. The van der Waals surface area contributed by atoms with Gasteiger partial charge in [0.15, 0.2) is 12.1 Å². The highest BCUT2D eigenvalue weighted by Gasteiger charge is 2.40. The van der Waals surface area contributed by atoms with E-state index in [4.69, 9.17) is 18.9 Å². The molecule has 0 bridgehead atoms. The summed E-state index contributed by atoms with van der Waals surface area (Å²) in [7, 11) is 0. The van der Waals surface area contributed by atoms with Crippen molar-refractivity contribution < 1.29 is 36.9 Å². The zero-order chi connectivity index (χ0) is 28.3. The maximum atomic E-state index is 14.3. The van der Waals surface area contributed by atoms with Crippen molar-refractivity contribution in [1.29, 1.82) is 0 Å². The first-order chi connectivity index (χ1) is 20.0. The predicted octanol–water partition coefficient (Wildman–Crippen LogP) is 6.25. The Morgan fingerprint density at radius 1 is 0.902 bits per heavy atom. The minimum absolute atomic E-state index is 0.127. The van der Waals surface area contributed by atoms with Gasteiger partial charge in [-0.15, -0.1) is 0 Å². The van der Waals surface area contributed by atoms with Crippen LogP contribution >= 0.6 is 0 Å². The van der Waals surface area contributed by atoms with Crippen LogP contribution < -0.4 is 14.2 Å². The van der Waals surface area contributed by atoms with Crippen molar-refractivity contribution in [3.8, 4) is 17.2 Å². The molecule has 0 aliphatic carbocycles. The predicted molar refractivity (Wildman–Crippen MR) is 145 cm³/mol. The molecule has 9 heteroatoms. The van der Waals surface area contributed by atoms with Crippen LogP contribution in [0.1, 0.15) is 52.8 Å². The zero-order valence-corrected chi connectivity index (χ0v) is 22.6. The number of carbonyl (C=O) groups excluding carboxylic acids is 1. The van der Waals surface area contributed by atoms with Crippen molar-refractivity contribution in [3.05, 3.63) is 89.0 Å². The number of hydrogen-bond acceptors (Lipinski definition) is 6. The van der Waals surface area contributed by atoms with Gasteiger partial charge >= 0.3 is 0 Å². The summed E-state index contributed by atoms with van der Waals surface area (Å²) in [5, 5.41) is 0. The number of ketones is 1. The van der Waals surface area contributed by atoms with Gasteiger partial charge < -0.3 is 18.9 Å². The van der Waals surface area contributed by atoms with Gasteiger partial charge in [-0.1, -0.05) is 12.1 Å². The van der Waals surface area contributed by atoms with E-state index in [9.17, 15) is 18.0 Å². The fraction of sp³-hybridized carbons (Fsp3) is 0.406. The standard InChI is InChI=1S/C32H32F3NO5/c33-17-20-18-36(19-20)10-12-38-25-6-4-21(5-7-25)32-30(22-13-23(34)15-24(35)14-22)31(37)27-16-26(8-9-28(27)41-32)40-29-3-1-2-11-39-29/h4-9,13-16,20,29-30,32H,1-3,10-12,17-19H2.